The van der Waals surface area contributed by atoms with Gasteiger partial charge in [-0.05, 0) is 38.3 Å². The molecule has 1 unspecified atom stereocenters. The van der Waals surface area contributed by atoms with Crippen LogP contribution in [0.1, 0.15) is 36.5 Å². The lowest BCUT2D eigenvalue weighted by Crippen LogP contribution is -2.26. The molecule has 3 nitrogen and oxygen atoms in total. The smallest absolute Gasteiger partial charge is 0.163 e. The normalized spacial score (nSPS) is 19.6. The molecule has 0 radical (unpaired) electrons. The first kappa shape index (κ1) is 13.0. The van der Waals surface area contributed by atoms with Crippen LogP contribution >= 0.6 is 0 Å². The van der Waals surface area contributed by atoms with E-state index in [-0.39, 0.29) is 11.9 Å². The first-order valence-electron chi connectivity index (χ1n) is 6.21. The fourth-order valence-electron chi connectivity index (χ4n) is 2.03. The van der Waals surface area contributed by atoms with Crippen LogP contribution in [0.5, 0.6) is 5.75 Å². The van der Waals surface area contributed by atoms with Gasteiger partial charge in [0.2, 0.25) is 0 Å². The summed E-state index contributed by atoms with van der Waals surface area (Å²) in [4.78, 5) is 11.4. The number of Topliss-reactive ketones (excluding diaryl/α,β-unsaturated/α-hetero) is 1. The van der Waals surface area contributed by atoms with Gasteiger partial charge in [0.25, 0.3) is 0 Å². The average Bonchev–Trinajstić information content (AvgIpc) is 2.37. The van der Waals surface area contributed by atoms with Gasteiger partial charge in [0.1, 0.15) is 18.2 Å². The van der Waals surface area contributed by atoms with Crippen molar-refractivity contribution in [3.63, 3.8) is 0 Å². The molecule has 1 atom stereocenters. The van der Waals surface area contributed by atoms with Crippen molar-refractivity contribution in [3.05, 3.63) is 29.6 Å². The van der Waals surface area contributed by atoms with Gasteiger partial charge in [-0.25, -0.2) is 4.39 Å². The number of carbonyl (C=O) groups is 1. The van der Waals surface area contributed by atoms with E-state index in [2.05, 4.69) is 0 Å². The van der Waals surface area contributed by atoms with Crippen LogP contribution < -0.4 is 4.74 Å². The molecule has 1 fully saturated rings. The van der Waals surface area contributed by atoms with Gasteiger partial charge in [0, 0.05) is 12.7 Å². The maximum absolute atomic E-state index is 13.2. The highest BCUT2D eigenvalue weighted by molar-refractivity contribution is 5.96. The Morgan fingerprint density at radius 2 is 2.33 bits per heavy atom. The molecule has 1 heterocycles. The Morgan fingerprint density at radius 3 is 3.00 bits per heavy atom. The maximum atomic E-state index is 13.2. The molecule has 1 aliphatic rings. The third-order valence-corrected chi connectivity index (χ3v) is 3.02. The van der Waals surface area contributed by atoms with Crippen molar-refractivity contribution in [3.8, 4) is 5.75 Å². The number of hydrogen-bond donors (Lipinski definition) is 0. The Morgan fingerprint density at radius 1 is 1.50 bits per heavy atom. The minimum absolute atomic E-state index is 0.0434. The van der Waals surface area contributed by atoms with Crippen molar-refractivity contribution in [2.45, 2.75) is 32.3 Å². The van der Waals surface area contributed by atoms with Gasteiger partial charge in [0.15, 0.2) is 5.78 Å². The van der Waals surface area contributed by atoms with Crippen LogP contribution in [-0.4, -0.2) is 25.1 Å². The maximum Gasteiger partial charge on any atom is 0.163 e. The molecule has 0 spiro atoms. The summed E-state index contributed by atoms with van der Waals surface area (Å²) < 4.78 is 24.2. The van der Waals surface area contributed by atoms with E-state index >= 15 is 0 Å². The molecule has 98 valence electrons. The molecule has 1 saturated heterocycles. The Kier molecular flexibility index (Phi) is 4.31. The Labute approximate surface area is 106 Å². The van der Waals surface area contributed by atoms with Gasteiger partial charge in [-0.1, -0.05) is 0 Å². The summed E-state index contributed by atoms with van der Waals surface area (Å²) in [6.07, 6.45) is 3.19. The highest BCUT2D eigenvalue weighted by Crippen LogP contribution is 2.22. The van der Waals surface area contributed by atoms with Crippen molar-refractivity contribution >= 4 is 5.78 Å². The summed E-state index contributed by atoms with van der Waals surface area (Å²) in [6, 6.07) is 3.97. The average molecular weight is 252 g/mol. The lowest BCUT2D eigenvalue weighted by molar-refractivity contribution is -0.0112. The first-order chi connectivity index (χ1) is 8.66. The Hall–Kier alpha value is -1.42. The monoisotopic (exact) mass is 252 g/mol. The number of rotatable bonds is 4. The largest absolute Gasteiger partial charge is 0.490 e. The van der Waals surface area contributed by atoms with Crippen molar-refractivity contribution < 1.29 is 18.7 Å². The van der Waals surface area contributed by atoms with Crippen molar-refractivity contribution in [2.24, 2.45) is 0 Å². The van der Waals surface area contributed by atoms with Crippen LogP contribution in [0.2, 0.25) is 0 Å². The first-order valence-corrected chi connectivity index (χ1v) is 6.21. The summed E-state index contributed by atoms with van der Waals surface area (Å²) in [7, 11) is 0. The fraction of sp³-hybridized carbons (Fsp3) is 0.500. The number of ketones is 1. The number of carbonyl (C=O) groups excluding carboxylic acids is 1. The lowest BCUT2D eigenvalue weighted by atomic mass is 10.1. The molecular weight excluding hydrogens is 235 g/mol. The van der Waals surface area contributed by atoms with Gasteiger partial charge in [-0.3, -0.25) is 4.79 Å². The van der Waals surface area contributed by atoms with Crippen LogP contribution in [0.4, 0.5) is 4.39 Å². The zero-order valence-electron chi connectivity index (χ0n) is 10.4. The molecule has 1 aromatic rings. The zero-order valence-corrected chi connectivity index (χ0v) is 10.4. The molecule has 0 aromatic heterocycles. The molecule has 0 aliphatic carbocycles. The Bertz CT molecular complexity index is 425. The molecule has 2 rings (SSSR count). The van der Waals surface area contributed by atoms with Crippen molar-refractivity contribution in [1.29, 1.82) is 0 Å². The van der Waals surface area contributed by atoms with E-state index in [4.69, 9.17) is 9.47 Å². The SMILES string of the molecule is CC(=O)c1ccc(F)cc1OCC1CCCCO1. The quantitative estimate of drug-likeness (QED) is 0.773. The van der Waals surface area contributed by atoms with Crippen molar-refractivity contribution in [2.75, 3.05) is 13.2 Å². The molecular formula is C14H17FO3. The number of hydrogen-bond acceptors (Lipinski definition) is 3. The van der Waals surface area contributed by atoms with Crippen LogP contribution in [0, 0.1) is 5.82 Å². The minimum Gasteiger partial charge on any atom is -0.490 e. The van der Waals surface area contributed by atoms with Gasteiger partial charge in [0.05, 0.1) is 11.7 Å². The van der Waals surface area contributed by atoms with Crippen LogP contribution in [-0.2, 0) is 4.74 Å². The molecule has 1 aromatic carbocycles. The summed E-state index contributed by atoms with van der Waals surface area (Å²) in [6.45, 7) is 2.55. The predicted molar refractivity (Wildman–Crippen MR) is 65.5 cm³/mol. The van der Waals surface area contributed by atoms with Gasteiger partial charge < -0.3 is 9.47 Å². The highest BCUT2D eigenvalue weighted by Gasteiger charge is 2.16. The predicted octanol–water partition coefficient (Wildman–Crippen LogP) is 2.98. The topological polar surface area (TPSA) is 35.5 Å². The van der Waals surface area contributed by atoms with E-state index in [1.807, 2.05) is 0 Å². The minimum atomic E-state index is -0.403. The summed E-state index contributed by atoms with van der Waals surface area (Å²) in [5, 5.41) is 0. The number of benzene rings is 1. The second kappa shape index (κ2) is 5.96. The highest BCUT2D eigenvalue weighted by atomic mass is 19.1. The van der Waals surface area contributed by atoms with E-state index in [9.17, 15) is 9.18 Å². The van der Waals surface area contributed by atoms with E-state index in [1.165, 1.54) is 25.1 Å². The third-order valence-electron chi connectivity index (χ3n) is 3.02. The van der Waals surface area contributed by atoms with Gasteiger partial charge >= 0.3 is 0 Å². The number of ether oxygens (including phenoxy) is 2. The van der Waals surface area contributed by atoms with Crippen LogP contribution in [0.15, 0.2) is 18.2 Å². The molecule has 18 heavy (non-hydrogen) atoms. The summed E-state index contributed by atoms with van der Waals surface area (Å²) >= 11 is 0. The Balaban J connectivity index is 2.03. The standard InChI is InChI=1S/C14H17FO3/c1-10(16)13-6-5-11(15)8-14(13)18-9-12-4-2-3-7-17-12/h5-6,8,12H,2-4,7,9H2,1H3. The third kappa shape index (κ3) is 3.29. The molecule has 0 bridgehead atoms. The van der Waals surface area contributed by atoms with Gasteiger partial charge in [-0.2, -0.15) is 0 Å². The number of halogens is 1. The van der Waals surface area contributed by atoms with Crippen LogP contribution in [0.3, 0.4) is 0 Å². The molecule has 0 amide bonds. The lowest BCUT2D eigenvalue weighted by Gasteiger charge is -2.23. The van der Waals surface area contributed by atoms with Gasteiger partial charge in [-0.15, -0.1) is 0 Å². The summed E-state index contributed by atoms with van der Waals surface area (Å²) in [5.74, 6) is -0.231. The molecule has 1 aliphatic heterocycles. The second-order valence-corrected chi connectivity index (χ2v) is 4.50. The zero-order chi connectivity index (χ0) is 13.0. The summed E-state index contributed by atoms with van der Waals surface area (Å²) in [5.41, 5.74) is 0.409. The van der Waals surface area contributed by atoms with E-state index < -0.39 is 5.82 Å². The van der Waals surface area contributed by atoms with Crippen molar-refractivity contribution in [1.82, 2.24) is 0 Å². The molecule has 0 saturated carbocycles. The van der Waals surface area contributed by atoms with E-state index in [0.717, 1.165) is 25.9 Å². The molecule has 0 N–H and O–H groups in total. The van der Waals surface area contributed by atoms with Crippen LogP contribution in [0.25, 0.3) is 0 Å². The van der Waals surface area contributed by atoms with E-state index in [1.54, 1.807) is 0 Å². The van der Waals surface area contributed by atoms with E-state index in [0.29, 0.717) is 17.9 Å². The fourth-order valence-corrected chi connectivity index (χ4v) is 2.03. The molecule has 4 heteroatoms. The second-order valence-electron chi connectivity index (χ2n) is 4.50.